The molecule has 2 aliphatic rings. The van der Waals surface area contributed by atoms with Crippen LogP contribution in [0.5, 0.6) is 0 Å². The third-order valence-corrected chi connectivity index (χ3v) is 5.07. The van der Waals surface area contributed by atoms with Crippen molar-refractivity contribution in [2.45, 2.75) is 52.0 Å². The quantitative estimate of drug-likeness (QED) is 0.670. The smallest absolute Gasteiger partial charge is 0.331 e. The third kappa shape index (κ3) is 2.77. The molecule has 0 spiro atoms. The van der Waals surface area contributed by atoms with E-state index in [1.54, 1.807) is 6.08 Å². The lowest BCUT2D eigenvalue weighted by Crippen LogP contribution is -2.52. The molecule has 4 amide bonds. The maximum absolute atomic E-state index is 12.2. The number of hydrogen-bond acceptors (Lipinski definition) is 3. The Hall–Kier alpha value is -2.37. The SMILES string of the molecule is Cc1cc(C=C2C(=O)NC(=O)N(C)C2=O)c(C)n1C1CCCCC1. The van der Waals surface area contributed by atoms with Gasteiger partial charge in [-0.25, -0.2) is 4.79 Å². The fourth-order valence-electron chi connectivity index (χ4n) is 3.75. The zero-order chi connectivity index (χ0) is 17.4. The first-order valence-electron chi connectivity index (χ1n) is 8.43. The maximum atomic E-state index is 12.2. The minimum atomic E-state index is -0.685. The standard InChI is InChI=1S/C18H23N3O3/c1-11-9-13(12(2)21(11)14-7-5-4-6-8-14)10-15-16(22)19-18(24)20(3)17(15)23/h9-10,14H,4-8H2,1-3H3,(H,19,22,24). The van der Waals surface area contributed by atoms with Crippen LogP contribution in [0.1, 0.15) is 55.1 Å². The van der Waals surface area contributed by atoms with E-state index >= 15 is 0 Å². The van der Waals surface area contributed by atoms with Crippen LogP contribution in [0.2, 0.25) is 0 Å². The molecule has 128 valence electrons. The summed E-state index contributed by atoms with van der Waals surface area (Å²) in [6.07, 6.45) is 7.72. The normalized spacial score (nSPS) is 21.5. The topological polar surface area (TPSA) is 71.4 Å². The number of aromatic nitrogens is 1. The van der Waals surface area contributed by atoms with Crippen LogP contribution >= 0.6 is 0 Å². The van der Waals surface area contributed by atoms with Crippen LogP contribution in [0.4, 0.5) is 4.79 Å². The molecule has 2 heterocycles. The molecule has 24 heavy (non-hydrogen) atoms. The highest BCUT2D eigenvalue weighted by molar-refractivity contribution is 6.30. The summed E-state index contributed by atoms with van der Waals surface area (Å²) in [4.78, 5) is 36.7. The number of nitrogens with one attached hydrogen (secondary N) is 1. The zero-order valence-corrected chi connectivity index (χ0v) is 14.4. The number of hydrogen-bond donors (Lipinski definition) is 1. The molecule has 1 aromatic rings. The highest BCUT2D eigenvalue weighted by atomic mass is 16.2. The van der Waals surface area contributed by atoms with Gasteiger partial charge in [-0.2, -0.15) is 0 Å². The molecule has 1 saturated carbocycles. The summed E-state index contributed by atoms with van der Waals surface area (Å²) in [5, 5.41) is 2.19. The first kappa shape index (κ1) is 16.5. The van der Waals surface area contributed by atoms with Crippen molar-refractivity contribution >= 4 is 23.9 Å². The zero-order valence-electron chi connectivity index (χ0n) is 14.4. The average molecular weight is 329 g/mol. The molecule has 1 aliphatic heterocycles. The Morgan fingerprint density at radius 3 is 2.46 bits per heavy atom. The van der Waals surface area contributed by atoms with E-state index < -0.39 is 17.8 Å². The molecule has 1 aliphatic carbocycles. The highest BCUT2D eigenvalue weighted by Crippen LogP contribution is 2.32. The number of urea groups is 1. The second-order valence-electron chi connectivity index (χ2n) is 6.67. The molecule has 3 rings (SSSR count). The largest absolute Gasteiger partial charge is 0.346 e. The minimum absolute atomic E-state index is 0.000921. The minimum Gasteiger partial charge on any atom is -0.346 e. The number of amides is 4. The van der Waals surface area contributed by atoms with E-state index in [9.17, 15) is 14.4 Å². The molecule has 1 saturated heterocycles. The molecule has 0 unspecified atom stereocenters. The molecule has 0 aromatic carbocycles. The number of barbiturate groups is 1. The summed E-state index contributed by atoms with van der Waals surface area (Å²) in [5.41, 5.74) is 3.06. The summed E-state index contributed by atoms with van der Waals surface area (Å²) in [6, 6.07) is 1.81. The van der Waals surface area contributed by atoms with Crippen LogP contribution in [0, 0.1) is 13.8 Å². The van der Waals surface area contributed by atoms with Gasteiger partial charge in [0.05, 0.1) is 0 Å². The molecule has 6 heteroatoms. The summed E-state index contributed by atoms with van der Waals surface area (Å²) in [7, 11) is 1.36. The van der Waals surface area contributed by atoms with Crippen LogP contribution < -0.4 is 5.32 Å². The lowest BCUT2D eigenvalue weighted by atomic mass is 9.95. The third-order valence-electron chi connectivity index (χ3n) is 5.07. The Labute approximate surface area is 141 Å². The summed E-state index contributed by atoms with van der Waals surface area (Å²) >= 11 is 0. The van der Waals surface area contributed by atoms with Gasteiger partial charge in [-0.15, -0.1) is 0 Å². The second-order valence-corrected chi connectivity index (χ2v) is 6.67. The van der Waals surface area contributed by atoms with E-state index in [-0.39, 0.29) is 5.57 Å². The van der Waals surface area contributed by atoms with Gasteiger partial charge in [0.1, 0.15) is 5.57 Å². The predicted octanol–water partition coefficient (Wildman–Crippen LogP) is 2.70. The van der Waals surface area contributed by atoms with Crippen LogP contribution in [0.15, 0.2) is 11.6 Å². The van der Waals surface area contributed by atoms with Crippen LogP contribution in [-0.4, -0.2) is 34.4 Å². The van der Waals surface area contributed by atoms with Crippen molar-refractivity contribution in [2.75, 3.05) is 7.05 Å². The first-order chi connectivity index (χ1) is 11.4. The van der Waals surface area contributed by atoms with Gasteiger partial charge in [0, 0.05) is 24.5 Å². The van der Waals surface area contributed by atoms with Gasteiger partial charge in [-0.05, 0) is 44.4 Å². The van der Waals surface area contributed by atoms with E-state index in [0.717, 1.165) is 21.9 Å². The average Bonchev–Trinajstić information content (AvgIpc) is 2.84. The Morgan fingerprint density at radius 2 is 1.79 bits per heavy atom. The Balaban J connectivity index is 1.97. The van der Waals surface area contributed by atoms with Crippen molar-refractivity contribution in [3.8, 4) is 0 Å². The Kier molecular flexibility index (Phi) is 4.30. The molecule has 1 aromatic heterocycles. The van der Waals surface area contributed by atoms with Crippen molar-refractivity contribution in [3.05, 3.63) is 28.6 Å². The fourth-order valence-corrected chi connectivity index (χ4v) is 3.75. The van der Waals surface area contributed by atoms with Gasteiger partial charge in [0.15, 0.2) is 0 Å². The lowest BCUT2D eigenvalue weighted by Gasteiger charge is -2.26. The Bertz CT molecular complexity index is 739. The summed E-state index contributed by atoms with van der Waals surface area (Å²) in [5.74, 6) is -1.20. The van der Waals surface area contributed by atoms with Crippen LogP contribution in [0.25, 0.3) is 6.08 Å². The molecule has 0 atom stereocenters. The maximum Gasteiger partial charge on any atom is 0.331 e. The van der Waals surface area contributed by atoms with Crippen molar-refractivity contribution in [1.29, 1.82) is 0 Å². The second kappa shape index (κ2) is 6.26. The Morgan fingerprint density at radius 1 is 1.12 bits per heavy atom. The molecule has 0 radical (unpaired) electrons. The van der Waals surface area contributed by atoms with E-state index in [1.165, 1.54) is 39.2 Å². The highest BCUT2D eigenvalue weighted by Gasteiger charge is 2.33. The molecule has 1 N–H and O–H groups in total. The van der Waals surface area contributed by atoms with Crippen molar-refractivity contribution in [2.24, 2.45) is 0 Å². The number of nitrogens with zero attached hydrogens (tertiary/aromatic N) is 2. The van der Waals surface area contributed by atoms with E-state index in [0.29, 0.717) is 6.04 Å². The van der Waals surface area contributed by atoms with Gasteiger partial charge in [0.2, 0.25) is 0 Å². The van der Waals surface area contributed by atoms with Crippen molar-refractivity contribution < 1.29 is 14.4 Å². The van der Waals surface area contributed by atoms with E-state index in [4.69, 9.17) is 0 Å². The number of rotatable bonds is 2. The number of aryl methyl sites for hydroxylation is 1. The van der Waals surface area contributed by atoms with Gasteiger partial charge in [-0.3, -0.25) is 19.8 Å². The fraction of sp³-hybridized carbons (Fsp3) is 0.500. The van der Waals surface area contributed by atoms with E-state index in [1.807, 2.05) is 13.0 Å². The summed E-state index contributed by atoms with van der Waals surface area (Å²) < 4.78 is 2.33. The summed E-state index contributed by atoms with van der Waals surface area (Å²) in [6.45, 7) is 4.08. The number of carbonyl (C=O) groups is 3. The monoisotopic (exact) mass is 329 g/mol. The van der Waals surface area contributed by atoms with Crippen molar-refractivity contribution in [3.63, 3.8) is 0 Å². The first-order valence-corrected chi connectivity index (χ1v) is 8.43. The van der Waals surface area contributed by atoms with Crippen LogP contribution in [-0.2, 0) is 9.59 Å². The molecule has 2 fully saturated rings. The molecular formula is C18H23N3O3. The van der Waals surface area contributed by atoms with Gasteiger partial charge in [0.25, 0.3) is 11.8 Å². The number of carbonyl (C=O) groups excluding carboxylic acids is 3. The number of imide groups is 2. The molecule has 0 bridgehead atoms. The predicted molar refractivity (Wildman–Crippen MR) is 90.3 cm³/mol. The van der Waals surface area contributed by atoms with Crippen LogP contribution in [0.3, 0.4) is 0 Å². The lowest BCUT2D eigenvalue weighted by molar-refractivity contribution is -0.129. The van der Waals surface area contributed by atoms with Gasteiger partial charge >= 0.3 is 6.03 Å². The van der Waals surface area contributed by atoms with E-state index in [2.05, 4.69) is 16.8 Å². The van der Waals surface area contributed by atoms with Gasteiger partial charge in [-0.1, -0.05) is 19.3 Å². The molecule has 6 nitrogen and oxygen atoms in total. The van der Waals surface area contributed by atoms with Crippen molar-refractivity contribution in [1.82, 2.24) is 14.8 Å². The van der Waals surface area contributed by atoms with Gasteiger partial charge < -0.3 is 4.57 Å². The molecular weight excluding hydrogens is 306 g/mol. The number of likely N-dealkylation sites (N-methyl/N-ethyl adjacent to an activating group) is 1.